The van der Waals surface area contributed by atoms with E-state index in [0.717, 1.165) is 11.1 Å². The first kappa shape index (κ1) is 14.8. The normalized spacial score (nSPS) is 10.3. The second-order valence-electron chi connectivity index (χ2n) is 4.80. The van der Waals surface area contributed by atoms with Crippen LogP contribution in [0.15, 0.2) is 30.3 Å². The van der Waals surface area contributed by atoms with Gasteiger partial charge in [-0.1, -0.05) is 12.1 Å². The Bertz CT molecular complexity index is 679. The number of hydrogen-bond donors (Lipinski definition) is 2. The molecular formula is C16H17FN2O2. The minimum Gasteiger partial charge on any atom is -0.465 e. The van der Waals surface area contributed by atoms with Gasteiger partial charge in [-0.25, -0.2) is 9.18 Å². The number of anilines is 3. The fraction of sp³-hybridized carbons (Fsp3) is 0.188. The molecule has 0 radical (unpaired) electrons. The van der Waals surface area contributed by atoms with Crippen molar-refractivity contribution in [3.05, 3.63) is 52.8 Å². The standard InChI is InChI=1S/C16H17FN2O2/c1-9-5-4-6-13(17)15(9)19-11-7-10(2)14(18)12(8-11)16(20)21-3/h4-8,19H,18H2,1-3H3. The zero-order chi connectivity index (χ0) is 15.6. The summed E-state index contributed by atoms with van der Waals surface area (Å²) in [5.41, 5.74) is 8.93. The zero-order valence-corrected chi connectivity index (χ0v) is 12.2. The molecule has 0 spiro atoms. The second-order valence-corrected chi connectivity index (χ2v) is 4.80. The van der Waals surface area contributed by atoms with Gasteiger partial charge in [-0.3, -0.25) is 0 Å². The lowest BCUT2D eigenvalue weighted by Crippen LogP contribution is -2.08. The molecule has 0 saturated carbocycles. The summed E-state index contributed by atoms with van der Waals surface area (Å²) in [4.78, 5) is 11.7. The van der Waals surface area contributed by atoms with Crippen LogP contribution in [0.3, 0.4) is 0 Å². The van der Waals surface area contributed by atoms with Gasteiger partial charge in [0.15, 0.2) is 0 Å². The van der Waals surface area contributed by atoms with E-state index >= 15 is 0 Å². The molecule has 0 bridgehead atoms. The van der Waals surface area contributed by atoms with Crippen molar-refractivity contribution in [2.75, 3.05) is 18.2 Å². The number of carbonyl (C=O) groups is 1. The number of rotatable bonds is 3. The predicted octanol–water partition coefficient (Wildman–Crippen LogP) is 3.55. The molecule has 0 atom stereocenters. The highest BCUT2D eigenvalue weighted by Crippen LogP contribution is 2.28. The van der Waals surface area contributed by atoms with Gasteiger partial charge in [-0.2, -0.15) is 0 Å². The molecule has 4 nitrogen and oxygen atoms in total. The Hall–Kier alpha value is -2.56. The molecule has 0 aromatic heterocycles. The topological polar surface area (TPSA) is 64.3 Å². The Kier molecular flexibility index (Phi) is 4.12. The minimum absolute atomic E-state index is 0.258. The highest BCUT2D eigenvalue weighted by molar-refractivity contribution is 5.97. The van der Waals surface area contributed by atoms with Gasteiger partial charge in [0.1, 0.15) is 5.82 Å². The molecule has 3 N–H and O–H groups in total. The van der Waals surface area contributed by atoms with Crippen LogP contribution in [0.25, 0.3) is 0 Å². The highest BCUT2D eigenvalue weighted by atomic mass is 19.1. The molecule has 2 rings (SSSR count). The third kappa shape index (κ3) is 2.97. The summed E-state index contributed by atoms with van der Waals surface area (Å²) in [7, 11) is 1.29. The number of halogens is 1. The van der Waals surface area contributed by atoms with Gasteiger partial charge < -0.3 is 15.8 Å². The second kappa shape index (κ2) is 5.83. The third-order valence-electron chi connectivity index (χ3n) is 3.28. The molecule has 0 aliphatic heterocycles. The molecule has 0 amide bonds. The van der Waals surface area contributed by atoms with E-state index in [-0.39, 0.29) is 11.4 Å². The summed E-state index contributed by atoms with van der Waals surface area (Å²) in [6.07, 6.45) is 0. The van der Waals surface area contributed by atoms with Crippen molar-refractivity contribution in [2.45, 2.75) is 13.8 Å². The van der Waals surface area contributed by atoms with E-state index in [1.54, 1.807) is 38.1 Å². The molecule has 21 heavy (non-hydrogen) atoms. The van der Waals surface area contributed by atoms with Crippen LogP contribution >= 0.6 is 0 Å². The van der Waals surface area contributed by atoms with Crippen LogP contribution in [0, 0.1) is 19.7 Å². The van der Waals surface area contributed by atoms with E-state index < -0.39 is 5.97 Å². The molecule has 0 heterocycles. The summed E-state index contributed by atoms with van der Waals surface area (Å²) in [5, 5.41) is 2.99. The number of carbonyl (C=O) groups excluding carboxylic acids is 1. The lowest BCUT2D eigenvalue weighted by Gasteiger charge is -2.14. The van der Waals surface area contributed by atoms with E-state index in [4.69, 9.17) is 10.5 Å². The van der Waals surface area contributed by atoms with Crippen molar-refractivity contribution >= 4 is 23.0 Å². The number of benzene rings is 2. The average molecular weight is 288 g/mol. The van der Waals surface area contributed by atoms with Crippen molar-refractivity contribution in [1.29, 1.82) is 0 Å². The zero-order valence-electron chi connectivity index (χ0n) is 12.2. The number of aryl methyl sites for hydroxylation is 2. The first-order valence-electron chi connectivity index (χ1n) is 6.44. The number of ether oxygens (including phenoxy) is 1. The number of nitrogens with one attached hydrogen (secondary N) is 1. The molecule has 0 aliphatic rings. The summed E-state index contributed by atoms with van der Waals surface area (Å²) < 4.78 is 18.6. The average Bonchev–Trinajstić information content (AvgIpc) is 2.45. The largest absolute Gasteiger partial charge is 0.465 e. The van der Waals surface area contributed by atoms with Crippen LogP contribution in [-0.4, -0.2) is 13.1 Å². The van der Waals surface area contributed by atoms with E-state index in [0.29, 0.717) is 17.1 Å². The number of esters is 1. The fourth-order valence-corrected chi connectivity index (χ4v) is 2.08. The van der Waals surface area contributed by atoms with Crippen molar-refractivity contribution in [2.24, 2.45) is 0 Å². The minimum atomic E-state index is -0.524. The Balaban J connectivity index is 2.46. The summed E-state index contributed by atoms with van der Waals surface area (Å²) in [6.45, 7) is 3.58. The molecule has 2 aromatic carbocycles. The Labute approximate surface area is 122 Å². The molecule has 5 heteroatoms. The number of nitrogens with two attached hydrogens (primary N) is 1. The first-order valence-corrected chi connectivity index (χ1v) is 6.44. The maximum atomic E-state index is 13.9. The Morgan fingerprint density at radius 2 is 1.95 bits per heavy atom. The van der Waals surface area contributed by atoms with Crippen molar-refractivity contribution in [3.63, 3.8) is 0 Å². The van der Waals surface area contributed by atoms with E-state index in [1.807, 2.05) is 0 Å². The Morgan fingerprint density at radius 1 is 1.24 bits per heavy atom. The fourth-order valence-electron chi connectivity index (χ4n) is 2.08. The van der Waals surface area contributed by atoms with Crippen molar-refractivity contribution in [3.8, 4) is 0 Å². The summed E-state index contributed by atoms with van der Waals surface area (Å²) in [5.74, 6) is -0.881. The molecule has 0 fully saturated rings. The van der Waals surface area contributed by atoms with E-state index in [1.165, 1.54) is 13.2 Å². The Morgan fingerprint density at radius 3 is 2.57 bits per heavy atom. The van der Waals surface area contributed by atoms with Crippen LogP contribution in [0.5, 0.6) is 0 Å². The van der Waals surface area contributed by atoms with Gasteiger partial charge in [-0.05, 0) is 43.2 Å². The van der Waals surface area contributed by atoms with Crippen LogP contribution in [0.2, 0.25) is 0 Å². The lowest BCUT2D eigenvalue weighted by atomic mass is 10.1. The van der Waals surface area contributed by atoms with Crippen LogP contribution in [0.4, 0.5) is 21.5 Å². The maximum absolute atomic E-state index is 13.9. The van der Waals surface area contributed by atoms with Gasteiger partial charge in [0.25, 0.3) is 0 Å². The lowest BCUT2D eigenvalue weighted by molar-refractivity contribution is 0.0602. The quantitative estimate of drug-likeness (QED) is 0.669. The number of methoxy groups -OCH3 is 1. The van der Waals surface area contributed by atoms with Crippen LogP contribution in [0.1, 0.15) is 21.5 Å². The molecule has 110 valence electrons. The van der Waals surface area contributed by atoms with Gasteiger partial charge in [0, 0.05) is 11.4 Å². The van der Waals surface area contributed by atoms with Crippen LogP contribution in [-0.2, 0) is 4.74 Å². The van der Waals surface area contributed by atoms with Gasteiger partial charge in [0.2, 0.25) is 0 Å². The van der Waals surface area contributed by atoms with Crippen molar-refractivity contribution in [1.82, 2.24) is 0 Å². The monoisotopic (exact) mass is 288 g/mol. The van der Waals surface area contributed by atoms with Gasteiger partial charge >= 0.3 is 5.97 Å². The van der Waals surface area contributed by atoms with Gasteiger partial charge in [-0.15, -0.1) is 0 Å². The van der Waals surface area contributed by atoms with E-state index in [9.17, 15) is 9.18 Å². The van der Waals surface area contributed by atoms with Crippen molar-refractivity contribution < 1.29 is 13.9 Å². The number of hydrogen-bond acceptors (Lipinski definition) is 4. The SMILES string of the molecule is COC(=O)c1cc(Nc2c(C)cccc2F)cc(C)c1N. The number of para-hydroxylation sites is 1. The molecule has 0 saturated heterocycles. The number of nitrogen functional groups attached to an aromatic ring is 1. The summed E-state index contributed by atoms with van der Waals surface area (Å²) in [6, 6.07) is 8.13. The molecule has 2 aromatic rings. The molecular weight excluding hydrogens is 271 g/mol. The van der Waals surface area contributed by atoms with E-state index in [2.05, 4.69) is 5.32 Å². The highest BCUT2D eigenvalue weighted by Gasteiger charge is 2.14. The predicted molar refractivity (Wildman–Crippen MR) is 81.4 cm³/mol. The van der Waals surface area contributed by atoms with Gasteiger partial charge in [0.05, 0.1) is 18.4 Å². The summed E-state index contributed by atoms with van der Waals surface area (Å²) >= 11 is 0. The molecule has 0 unspecified atom stereocenters. The first-order chi connectivity index (χ1) is 9.93. The van der Waals surface area contributed by atoms with Crippen LogP contribution < -0.4 is 11.1 Å². The smallest absolute Gasteiger partial charge is 0.340 e. The molecule has 0 aliphatic carbocycles. The maximum Gasteiger partial charge on any atom is 0.340 e. The third-order valence-corrected chi connectivity index (χ3v) is 3.28.